The van der Waals surface area contributed by atoms with Crippen LogP contribution in [0.5, 0.6) is 0 Å². The third-order valence-electron chi connectivity index (χ3n) is 4.17. The van der Waals surface area contributed by atoms with Crippen molar-refractivity contribution in [3.8, 4) is 0 Å². The fourth-order valence-corrected chi connectivity index (χ4v) is 2.83. The van der Waals surface area contributed by atoms with Crippen LogP contribution in [-0.4, -0.2) is 22.4 Å². The van der Waals surface area contributed by atoms with E-state index in [0.29, 0.717) is 6.54 Å². The number of carbonyl (C=O) groups is 1. The fourth-order valence-electron chi connectivity index (χ4n) is 2.83. The Bertz CT molecular complexity index is 559. The molecule has 4 nitrogen and oxygen atoms in total. The number of rotatable bonds is 5. The number of nitrogens with one attached hydrogen (secondary N) is 2. The van der Waals surface area contributed by atoms with E-state index < -0.39 is 0 Å². The standard InChI is InChI=1S/C16H19N3O/c20-15(19-10-7-14-17-11-12-18-14)16(8-4-9-16)13-5-2-1-3-6-13/h1-3,5-6,11-12H,4,7-10H2,(H,17,18)(H,19,20). The van der Waals surface area contributed by atoms with Gasteiger partial charge in [0.05, 0.1) is 5.41 Å². The molecule has 1 aromatic carbocycles. The minimum absolute atomic E-state index is 0.154. The topological polar surface area (TPSA) is 57.8 Å². The molecular weight excluding hydrogens is 250 g/mol. The zero-order valence-electron chi connectivity index (χ0n) is 11.4. The van der Waals surface area contributed by atoms with Gasteiger partial charge in [0.1, 0.15) is 5.82 Å². The van der Waals surface area contributed by atoms with Gasteiger partial charge < -0.3 is 10.3 Å². The highest BCUT2D eigenvalue weighted by atomic mass is 16.2. The number of amides is 1. The first-order valence-corrected chi connectivity index (χ1v) is 7.13. The number of benzene rings is 1. The molecule has 0 unspecified atom stereocenters. The van der Waals surface area contributed by atoms with Crippen LogP contribution in [0.4, 0.5) is 0 Å². The first-order valence-electron chi connectivity index (χ1n) is 7.13. The largest absolute Gasteiger partial charge is 0.355 e. The summed E-state index contributed by atoms with van der Waals surface area (Å²) in [5.41, 5.74) is 0.839. The highest BCUT2D eigenvalue weighted by Gasteiger charge is 2.45. The predicted molar refractivity (Wildman–Crippen MR) is 77.3 cm³/mol. The van der Waals surface area contributed by atoms with Crippen LogP contribution in [0.2, 0.25) is 0 Å². The van der Waals surface area contributed by atoms with Crippen molar-refractivity contribution < 1.29 is 4.79 Å². The minimum atomic E-state index is -0.301. The highest BCUT2D eigenvalue weighted by Crippen LogP contribution is 2.43. The molecule has 3 rings (SSSR count). The molecule has 1 aliphatic rings. The van der Waals surface area contributed by atoms with E-state index in [1.165, 1.54) is 0 Å². The summed E-state index contributed by atoms with van der Waals surface area (Å²) in [5, 5.41) is 3.06. The lowest BCUT2D eigenvalue weighted by Crippen LogP contribution is -2.49. The summed E-state index contributed by atoms with van der Waals surface area (Å²) in [5.74, 6) is 1.06. The highest BCUT2D eigenvalue weighted by molar-refractivity contribution is 5.89. The molecule has 0 bridgehead atoms. The number of aromatic amines is 1. The molecule has 1 heterocycles. The van der Waals surface area contributed by atoms with Gasteiger partial charge in [0.15, 0.2) is 0 Å². The lowest BCUT2D eigenvalue weighted by Gasteiger charge is -2.40. The quantitative estimate of drug-likeness (QED) is 0.874. The van der Waals surface area contributed by atoms with Crippen molar-refractivity contribution >= 4 is 5.91 Å². The summed E-state index contributed by atoms with van der Waals surface area (Å²) in [6.45, 7) is 0.626. The monoisotopic (exact) mass is 269 g/mol. The molecule has 0 atom stereocenters. The number of hydrogen-bond donors (Lipinski definition) is 2. The Hall–Kier alpha value is -2.10. The number of H-pyrrole nitrogens is 1. The zero-order valence-corrected chi connectivity index (χ0v) is 11.4. The molecule has 2 N–H and O–H groups in total. The molecule has 1 saturated carbocycles. The van der Waals surface area contributed by atoms with Crippen molar-refractivity contribution in [1.82, 2.24) is 15.3 Å². The summed E-state index contributed by atoms with van der Waals surface area (Å²) < 4.78 is 0. The van der Waals surface area contributed by atoms with Crippen molar-refractivity contribution in [2.24, 2.45) is 0 Å². The average molecular weight is 269 g/mol. The van der Waals surface area contributed by atoms with Crippen molar-refractivity contribution in [3.63, 3.8) is 0 Å². The van der Waals surface area contributed by atoms with Gasteiger partial charge in [0, 0.05) is 25.4 Å². The summed E-state index contributed by atoms with van der Waals surface area (Å²) in [6.07, 6.45) is 7.29. The number of nitrogens with zero attached hydrogens (tertiary/aromatic N) is 1. The Morgan fingerprint density at radius 3 is 2.70 bits per heavy atom. The molecule has 1 fully saturated rings. The van der Waals surface area contributed by atoms with Crippen LogP contribution >= 0.6 is 0 Å². The van der Waals surface area contributed by atoms with Crippen LogP contribution in [0.25, 0.3) is 0 Å². The maximum absolute atomic E-state index is 12.5. The Labute approximate surface area is 118 Å². The van der Waals surface area contributed by atoms with Crippen molar-refractivity contribution in [3.05, 3.63) is 54.1 Å². The van der Waals surface area contributed by atoms with Gasteiger partial charge in [-0.2, -0.15) is 0 Å². The van der Waals surface area contributed by atoms with Gasteiger partial charge in [0.25, 0.3) is 0 Å². The Morgan fingerprint density at radius 2 is 2.10 bits per heavy atom. The number of hydrogen-bond acceptors (Lipinski definition) is 2. The summed E-state index contributed by atoms with van der Waals surface area (Å²) in [4.78, 5) is 19.7. The molecule has 4 heteroatoms. The second-order valence-electron chi connectivity index (χ2n) is 5.34. The molecular formula is C16H19N3O. The predicted octanol–water partition coefficient (Wildman–Crippen LogP) is 2.19. The minimum Gasteiger partial charge on any atom is -0.355 e. The SMILES string of the molecule is O=C(NCCc1ncc[nH]1)C1(c2ccccc2)CCC1. The van der Waals surface area contributed by atoms with Crippen molar-refractivity contribution in [2.45, 2.75) is 31.1 Å². The van der Waals surface area contributed by atoms with Crippen LogP contribution < -0.4 is 5.32 Å². The van der Waals surface area contributed by atoms with Crippen LogP contribution in [0.1, 0.15) is 30.7 Å². The third-order valence-corrected chi connectivity index (χ3v) is 4.17. The molecule has 0 aliphatic heterocycles. The van der Waals surface area contributed by atoms with Crippen LogP contribution in [0.3, 0.4) is 0 Å². The van der Waals surface area contributed by atoms with E-state index in [4.69, 9.17) is 0 Å². The third kappa shape index (κ3) is 2.33. The molecule has 20 heavy (non-hydrogen) atoms. The summed E-state index contributed by atoms with van der Waals surface area (Å²) in [7, 11) is 0. The van der Waals surface area contributed by atoms with Crippen molar-refractivity contribution in [1.29, 1.82) is 0 Å². The van der Waals surface area contributed by atoms with E-state index in [1.54, 1.807) is 12.4 Å². The van der Waals surface area contributed by atoms with Gasteiger partial charge in [-0.3, -0.25) is 4.79 Å². The van der Waals surface area contributed by atoms with Gasteiger partial charge in [-0.05, 0) is 18.4 Å². The van der Waals surface area contributed by atoms with Gasteiger partial charge in [-0.25, -0.2) is 4.98 Å². The Morgan fingerprint density at radius 1 is 1.30 bits per heavy atom. The molecule has 0 saturated heterocycles. The van der Waals surface area contributed by atoms with Gasteiger partial charge in [-0.1, -0.05) is 36.8 Å². The van der Waals surface area contributed by atoms with E-state index in [2.05, 4.69) is 27.4 Å². The van der Waals surface area contributed by atoms with E-state index in [-0.39, 0.29) is 11.3 Å². The van der Waals surface area contributed by atoms with E-state index in [9.17, 15) is 4.79 Å². The van der Waals surface area contributed by atoms with Gasteiger partial charge in [0.2, 0.25) is 5.91 Å². The number of aromatic nitrogens is 2. The first-order chi connectivity index (χ1) is 9.81. The second-order valence-corrected chi connectivity index (χ2v) is 5.34. The van der Waals surface area contributed by atoms with Crippen LogP contribution in [-0.2, 0) is 16.6 Å². The fraction of sp³-hybridized carbons (Fsp3) is 0.375. The van der Waals surface area contributed by atoms with E-state index in [0.717, 1.165) is 37.1 Å². The molecule has 0 radical (unpaired) electrons. The molecule has 2 aromatic rings. The maximum Gasteiger partial charge on any atom is 0.230 e. The number of carbonyl (C=O) groups excluding carboxylic acids is 1. The average Bonchev–Trinajstić information content (AvgIpc) is 2.92. The first kappa shape index (κ1) is 12.9. The van der Waals surface area contributed by atoms with Crippen LogP contribution in [0.15, 0.2) is 42.7 Å². The molecule has 1 aromatic heterocycles. The second kappa shape index (κ2) is 5.49. The molecule has 1 amide bonds. The molecule has 104 valence electrons. The zero-order chi connectivity index (χ0) is 13.8. The van der Waals surface area contributed by atoms with E-state index >= 15 is 0 Å². The van der Waals surface area contributed by atoms with Gasteiger partial charge in [-0.15, -0.1) is 0 Å². The summed E-state index contributed by atoms with van der Waals surface area (Å²) >= 11 is 0. The smallest absolute Gasteiger partial charge is 0.230 e. The molecule has 0 spiro atoms. The van der Waals surface area contributed by atoms with E-state index in [1.807, 2.05) is 18.2 Å². The van der Waals surface area contributed by atoms with Crippen LogP contribution in [0, 0.1) is 0 Å². The Balaban J connectivity index is 1.63. The summed E-state index contributed by atoms with van der Waals surface area (Å²) in [6, 6.07) is 10.1. The van der Waals surface area contributed by atoms with Crippen molar-refractivity contribution in [2.75, 3.05) is 6.54 Å². The Kier molecular flexibility index (Phi) is 3.54. The normalized spacial score (nSPS) is 16.4. The number of imidazole rings is 1. The maximum atomic E-state index is 12.5. The lowest BCUT2D eigenvalue weighted by atomic mass is 9.64. The lowest BCUT2D eigenvalue weighted by molar-refractivity contribution is -0.129. The van der Waals surface area contributed by atoms with Gasteiger partial charge >= 0.3 is 0 Å². The molecule has 1 aliphatic carbocycles.